The zero-order valence-electron chi connectivity index (χ0n) is 10.0. The number of carbonyl (C=O) groups is 1. The van der Waals surface area contributed by atoms with Gasteiger partial charge in [0.25, 0.3) is 5.91 Å². The molecule has 2 aromatic rings. The fraction of sp³-hybridized carbons (Fsp3) is 0.455. The van der Waals surface area contributed by atoms with Gasteiger partial charge in [-0.1, -0.05) is 0 Å². The van der Waals surface area contributed by atoms with Crippen LogP contribution in [-0.2, 0) is 7.05 Å². The van der Waals surface area contributed by atoms with Crippen LogP contribution >= 0.6 is 11.3 Å². The molecule has 2 aromatic heterocycles. The molecule has 92 valence electrons. The summed E-state index contributed by atoms with van der Waals surface area (Å²) in [6.07, 6.45) is -0.531. The summed E-state index contributed by atoms with van der Waals surface area (Å²) in [4.78, 5) is 13.4. The van der Waals surface area contributed by atoms with E-state index in [-0.39, 0.29) is 12.5 Å². The van der Waals surface area contributed by atoms with E-state index in [1.54, 1.807) is 11.6 Å². The highest BCUT2D eigenvalue weighted by Crippen LogP contribution is 2.27. The van der Waals surface area contributed by atoms with Crippen LogP contribution in [-0.4, -0.2) is 33.4 Å². The number of fused-ring (bicyclic) bond motifs is 1. The summed E-state index contributed by atoms with van der Waals surface area (Å²) in [6, 6.07) is 1.85. The normalized spacial score (nSPS) is 12.9. The van der Waals surface area contributed by atoms with Gasteiger partial charge in [0.15, 0.2) is 0 Å². The van der Waals surface area contributed by atoms with Crippen LogP contribution in [0.2, 0.25) is 0 Å². The summed E-state index contributed by atoms with van der Waals surface area (Å²) in [7, 11) is 1.86. The molecule has 2 rings (SSSR count). The molecule has 0 aliphatic carbocycles. The van der Waals surface area contributed by atoms with Gasteiger partial charge in [-0.15, -0.1) is 11.3 Å². The van der Waals surface area contributed by atoms with E-state index < -0.39 is 6.10 Å². The molecule has 2 N–H and O–H groups in total. The molecule has 0 spiro atoms. The van der Waals surface area contributed by atoms with E-state index in [0.29, 0.717) is 4.88 Å². The molecule has 1 unspecified atom stereocenters. The number of amides is 1. The van der Waals surface area contributed by atoms with Crippen LogP contribution in [0, 0.1) is 6.92 Å². The van der Waals surface area contributed by atoms with E-state index in [1.807, 2.05) is 20.0 Å². The second kappa shape index (κ2) is 4.46. The van der Waals surface area contributed by atoms with Gasteiger partial charge in [-0.3, -0.25) is 9.48 Å². The SMILES string of the molecule is Cc1nn(C)c2sc(C(=O)NCC(C)O)cc12. The lowest BCUT2D eigenvalue weighted by Gasteiger charge is -2.04. The number of aromatic nitrogens is 2. The molecule has 1 atom stereocenters. The molecule has 0 aliphatic rings. The van der Waals surface area contributed by atoms with Gasteiger partial charge in [-0.05, 0) is 19.9 Å². The van der Waals surface area contributed by atoms with Gasteiger partial charge < -0.3 is 10.4 Å². The molecule has 0 aliphatic heterocycles. The highest BCUT2D eigenvalue weighted by atomic mass is 32.1. The van der Waals surface area contributed by atoms with E-state index in [0.717, 1.165) is 15.9 Å². The summed E-state index contributed by atoms with van der Waals surface area (Å²) >= 11 is 1.41. The van der Waals surface area contributed by atoms with Crippen LogP contribution in [0.1, 0.15) is 22.3 Å². The minimum absolute atomic E-state index is 0.147. The van der Waals surface area contributed by atoms with Crippen LogP contribution in [0.4, 0.5) is 0 Å². The van der Waals surface area contributed by atoms with Crippen molar-refractivity contribution >= 4 is 27.5 Å². The zero-order chi connectivity index (χ0) is 12.6. The largest absolute Gasteiger partial charge is 0.392 e. The number of nitrogens with one attached hydrogen (secondary N) is 1. The number of hydrogen-bond donors (Lipinski definition) is 2. The fourth-order valence-electron chi connectivity index (χ4n) is 1.64. The predicted molar refractivity (Wildman–Crippen MR) is 67.3 cm³/mol. The number of carbonyl (C=O) groups excluding carboxylic acids is 1. The highest BCUT2D eigenvalue weighted by molar-refractivity contribution is 7.20. The van der Waals surface area contributed by atoms with Crippen molar-refractivity contribution in [3.8, 4) is 0 Å². The predicted octanol–water partition coefficient (Wildman–Crippen LogP) is 1.05. The lowest BCUT2D eigenvalue weighted by atomic mass is 10.3. The van der Waals surface area contributed by atoms with Crippen molar-refractivity contribution < 1.29 is 9.90 Å². The van der Waals surface area contributed by atoms with E-state index in [4.69, 9.17) is 5.11 Å². The Labute approximate surface area is 103 Å². The molecule has 0 saturated carbocycles. The Hall–Kier alpha value is -1.40. The van der Waals surface area contributed by atoms with Gasteiger partial charge in [-0.2, -0.15) is 5.10 Å². The summed E-state index contributed by atoms with van der Waals surface area (Å²) in [5, 5.41) is 17.1. The molecule has 0 aromatic carbocycles. The Kier molecular flexibility index (Phi) is 3.17. The number of thiophene rings is 1. The topological polar surface area (TPSA) is 67.2 Å². The number of nitrogens with zero attached hydrogens (tertiary/aromatic N) is 2. The van der Waals surface area contributed by atoms with Crippen molar-refractivity contribution in [3.05, 3.63) is 16.6 Å². The third-order valence-electron chi connectivity index (χ3n) is 2.48. The Bertz CT molecular complexity index is 522. The van der Waals surface area contributed by atoms with Gasteiger partial charge in [-0.25, -0.2) is 0 Å². The average Bonchev–Trinajstić information content (AvgIpc) is 2.79. The standard InChI is InChI=1S/C11H15N3O2S/c1-6(15)5-12-10(16)9-4-8-7(2)13-14(3)11(8)17-9/h4,6,15H,5H2,1-3H3,(H,12,16). The molecule has 6 heteroatoms. The van der Waals surface area contributed by atoms with E-state index in [2.05, 4.69) is 10.4 Å². The molecule has 5 nitrogen and oxygen atoms in total. The van der Waals surface area contributed by atoms with Crippen LogP contribution in [0.3, 0.4) is 0 Å². The molecule has 0 saturated heterocycles. The molecule has 2 heterocycles. The summed E-state index contributed by atoms with van der Waals surface area (Å²) in [5.74, 6) is -0.147. The molecule has 1 amide bonds. The van der Waals surface area contributed by atoms with Crippen molar-refractivity contribution in [3.63, 3.8) is 0 Å². The van der Waals surface area contributed by atoms with Gasteiger partial charge in [0.1, 0.15) is 4.83 Å². The van der Waals surface area contributed by atoms with Gasteiger partial charge in [0.2, 0.25) is 0 Å². The maximum Gasteiger partial charge on any atom is 0.261 e. The van der Waals surface area contributed by atoms with Crippen molar-refractivity contribution in [1.29, 1.82) is 0 Å². The fourth-order valence-corrected chi connectivity index (χ4v) is 2.68. The number of aliphatic hydroxyl groups is 1. The zero-order valence-corrected chi connectivity index (χ0v) is 10.8. The average molecular weight is 253 g/mol. The van der Waals surface area contributed by atoms with Crippen LogP contribution in [0.5, 0.6) is 0 Å². The minimum atomic E-state index is -0.531. The molecular weight excluding hydrogens is 238 g/mol. The minimum Gasteiger partial charge on any atom is -0.392 e. The second-order valence-corrected chi connectivity index (χ2v) is 5.13. The lowest BCUT2D eigenvalue weighted by molar-refractivity contribution is 0.0928. The summed E-state index contributed by atoms with van der Waals surface area (Å²) in [5.41, 5.74) is 0.924. The highest BCUT2D eigenvalue weighted by Gasteiger charge is 2.14. The van der Waals surface area contributed by atoms with Crippen LogP contribution < -0.4 is 5.32 Å². The van der Waals surface area contributed by atoms with Crippen molar-refractivity contribution in [2.75, 3.05) is 6.54 Å². The molecule has 0 fully saturated rings. The number of aliphatic hydroxyl groups excluding tert-OH is 1. The number of rotatable bonds is 3. The first-order valence-electron chi connectivity index (χ1n) is 5.38. The van der Waals surface area contributed by atoms with E-state index >= 15 is 0 Å². The molecule has 17 heavy (non-hydrogen) atoms. The summed E-state index contributed by atoms with van der Waals surface area (Å²) in [6.45, 7) is 3.83. The van der Waals surface area contributed by atoms with E-state index in [1.165, 1.54) is 11.3 Å². The first-order valence-corrected chi connectivity index (χ1v) is 6.20. The Balaban J connectivity index is 2.24. The smallest absolute Gasteiger partial charge is 0.261 e. The first-order chi connectivity index (χ1) is 7.99. The van der Waals surface area contributed by atoms with Crippen LogP contribution in [0.25, 0.3) is 10.2 Å². The quantitative estimate of drug-likeness (QED) is 0.859. The Morgan fingerprint density at radius 1 is 1.71 bits per heavy atom. The van der Waals surface area contributed by atoms with Crippen molar-refractivity contribution in [2.24, 2.45) is 7.05 Å². The summed E-state index contributed by atoms with van der Waals surface area (Å²) < 4.78 is 1.78. The molecule has 0 bridgehead atoms. The molecular formula is C11H15N3O2S. The Morgan fingerprint density at radius 2 is 2.41 bits per heavy atom. The first kappa shape index (κ1) is 12.1. The lowest BCUT2D eigenvalue weighted by Crippen LogP contribution is -2.29. The molecule has 0 radical (unpaired) electrons. The van der Waals surface area contributed by atoms with Crippen molar-refractivity contribution in [2.45, 2.75) is 20.0 Å². The number of hydrogen-bond acceptors (Lipinski definition) is 4. The van der Waals surface area contributed by atoms with Gasteiger partial charge >= 0.3 is 0 Å². The maximum atomic E-state index is 11.8. The second-order valence-electron chi connectivity index (χ2n) is 4.10. The Morgan fingerprint density at radius 3 is 3.00 bits per heavy atom. The third-order valence-corrected chi connectivity index (χ3v) is 3.68. The maximum absolute atomic E-state index is 11.8. The van der Waals surface area contributed by atoms with Gasteiger partial charge in [0, 0.05) is 19.0 Å². The van der Waals surface area contributed by atoms with Crippen molar-refractivity contribution in [1.82, 2.24) is 15.1 Å². The van der Waals surface area contributed by atoms with Crippen LogP contribution in [0.15, 0.2) is 6.07 Å². The monoisotopic (exact) mass is 253 g/mol. The van der Waals surface area contributed by atoms with Gasteiger partial charge in [0.05, 0.1) is 16.7 Å². The number of aryl methyl sites for hydroxylation is 2. The van der Waals surface area contributed by atoms with E-state index in [9.17, 15) is 4.79 Å². The third kappa shape index (κ3) is 2.32.